The number of carbonyl (C=O) groups is 3. The van der Waals surface area contributed by atoms with Gasteiger partial charge in [0.15, 0.2) is 17.6 Å². The van der Waals surface area contributed by atoms with E-state index in [-0.39, 0.29) is 30.7 Å². The molecule has 1 amide bonds. The summed E-state index contributed by atoms with van der Waals surface area (Å²) < 4.78 is 5.25. The number of hydrogen-bond acceptors (Lipinski definition) is 6. The Labute approximate surface area is 157 Å². The van der Waals surface area contributed by atoms with Gasteiger partial charge in [-0.1, -0.05) is 31.9 Å². The van der Waals surface area contributed by atoms with Crippen molar-refractivity contribution in [3.05, 3.63) is 12.2 Å². The fourth-order valence-corrected chi connectivity index (χ4v) is 6.34. The van der Waals surface area contributed by atoms with Gasteiger partial charge < -0.3 is 19.8 Å². The summed E-state index contributed by atoms with van der Waals surface area (Å²) in [4.78, 5) is 40.0. The first-order valence-electron chi connectivity index (χ1n) is 10.0. The van der Waals surface area contributed by atoms with Crippen LogP contribution in [0, 0.1) is 29.6 Å². The quantitative estimate of drug-likeness (QED) is 0.411. The van der Waals surface area contributed by atoms with Gasteiger partial charge in [-0.05, 0) is 37.0 Å². The molecule has 8 unspecified atom stereocenters. The molecule has 27 heavy (non-hydrogen) atoms. The molecule has 0 aromatic carbocycles. The number of ketones is 1. The van der Waals surface area contributed by atoms with Crippen LogP contribution in [0.1, 0.15) is 39.0 Å². The normalized spacial score (nSPS) is 50.6. The summed E-state index contributed by atoms with van der Waals surface area (Å²) in [6.45, 7) is 2.07. The Bertz CT molecular complexity index is 764. The number of rotatable bonds is 2. The molecule has 2 N–H and O–H groups in total. The Kier molecular flexibility index (Phi) is 3.48. The summed E-state index contributed by atoms with van der Waals surface area (Å²) in [6.07, 6.45) is 6.92. The van der Waals surface area contributed by atoms with E-state index in [1.807, 2.05) is 13.0 Å². The summed E-state index contributed by atoms with van der Waals surface area (Å²) in [5.41, 5.74) is -4.40. The smallest absolute Gasteiger partial charge is 0.314 e. The first-order valence-corrected chi connectivity index (χ1v) is 10.0. The van der Waals surface area contributed by atoms with Crippen molar-refractivity contribution in [3.8, 4) is 0 Å². The molecule has 0 bridgehead atoms. The van der Waals surface area contributed by atoms with Gasteiger partial charge in [0, 0.05) is 12.5 Å². The number of esters is 1. The molecule has 146 valence electrons. The summed E-state index contributed by atoms with van der Waals surface area (Å²) in [6, 6.07) is 0. The van der Waals surface area contributed by atoms with Crippen molar-refractivity contribution in [2.24, 2.45) is 29.6 Å². The Balaban J connectivity index is 1.55. The molecule has 0 aromatic heterocycles. The zero-order chi connectivity index (χ0) is 19.1. The van der Waals surface area contributed by atoms with Crippen LogP contribution in [0.25, 0.3) is 0 Å². The molecule has 0 spiro atoms. The predicted molar refractivity (Wildman–Crippen MR) is 91.8 cm³/mol. The maximum absolute atomic E-state index is 13.6. The third-order valence-electron chi connectivity index (χ3n) is 7.68. The second-order valence-electron chi connectivity index (χ2n) is 8.91. The number of carbonyl (C=O) groups excluding carboxylic acids is 3. The topological polar surface area (TPSA) is 104 Å². The standard InChI is InChI=1S/C20H25NO6/c1-10-6-7-11-4-2-3-5-12(11)14(10)15(22)19(25)17-20(26)13(16(23)27-17)8-9-21(20)18(19)24/h6-7,10-14,17,25-26H,2-5,8-9H2,1H3. The van der Waals surface area contributed by atoms with Crippen molar-refractivity contribution in [2.45, 2.75) is 56.5 Å². The zero-order valence-electron chi connectivity index (χ0n) is 15.3. The first kappa shape index (κ1) is 17.4. The van der Waals surface area contributed by atoms with Crippen molar-refractivity contribution in [2.75, 3.05) is 6.54 Å². The van der Waals surface area contributed by atoms with Gasteiger partial charge in [-0.25, -0.2) is 0 Å². The molecule has 7 nitrogen and oxygen atoms in total. The molecule has 1 saturated carbocycles. The summed E-state index contributed by atoms with van der Waals surface area (Å²) in [5.74, 6) is -3.24. The minimum Gasteiger partial charge on any atom is -0.453 e. The molecule has 4 fully saturated rings. The lowest BCUT2D eigenvalue weighted by atomic mass is 9.61. The molecule has 0 radical (unpaired) electrons. The summed E-state index contributed by atoms with van der Waals surface area (Å²) in [7, 11) is 0. The van der Waals surface area contributed by atoms with Gasteiger partial charge in [-0.2, -0.15) is 0 Å². The molecule has 7 heteroatoms. The van der Waals surface area contributed by atoms with Crippen molar-refractivity contribution in [3.63, 3.8) is 0 Å². The van der Waals surface area contributed by atoms with Crippen LogP contribution >= 0.6 is 0 Å². The van der Waals surface area contributed by atoms with E-state index < -0.39 is 46.9 Å². The predicted octanol–water partition coefficient (Wildman–Crippen LogP) is 0.391. The van der Waals surface area contributed by atoms with Crippen LogP contribution in [0.2, 0.25) is 0 Å². The highest BCUT2D eigenvalue weighted by Crippen LogP contribution is 2.55. The van der Waals surface area contributed by atoms with Gasteiger partial charge in [0.05, 0.1) is 0 Å². The van der Waals surface area contributed by atoms with E-state index in [9.17, 15) is 24.6 Å². The minimum absolute atomic E-state index is 0.0704. The maximum Gasteiger partial charge on any atom is 0.314 e. The molecule has 0 aromatic rings. The molecule has 5 aliphatic rings. The average Bonchev–Trinajstić information content (AvgIpc) is 3.19. The summed E-state index contributed by atoms with van der Waals surface area (Å²) in [5, 5.41) is 22.4. The largest absolute Gasteiger partial charge is 0.453 e. The number of nitrogens with zero attached hydrogens (tertiary/aromatic N) is 1. The van der Waals surface area contributed by atoms with Crippen molar-refractivity contribution < 1.29 is 29.3 Å². The Morgan fingerprint density at radius 2 is 1.93 bits per heavy atom. The third kappa shape index (κ3) is 1.92. The van der Waals surface area contributed by atoms with E-state index in [0.29, 0.717) is 0 Å². The van der Waals surface area contributed by atoms with E-state index in [1.165, 1.54) is 0 Å². The van der Waals surface area contributed by atoms with Crippen molar-refractivity contribution >= 4 is 17.7 Å². The lowest BCUT2D eigenvalue weighted by molar-refractivity contribution is -0.173. The minimum atomic E-state index is -2.49. The lowest BCUT2D eigenvalue weighted by Crippen LogP contribution is -2.59. The van der Waals surface area contributed by atoms with Gasteiger partial charge >= 0.3 is 5.97 Å². The molecule has 3 aliphatic heterocycles. The Morgan fingerprint density at radius 1 is 1.19 bits per heavy atom. The fraction of sp³-hybridized carbons (Fsp3) is 0.750. The molecular weight excluding hydrogens is 350 g/mol. The van der Waals surface area contributed by atoms with Crippen LogP contribution in [0.15, 0.2) is 12.2 Å². The van der Waals surface area contributed by atoms with E-state index in [4.69, 9.17) is 4.74 Å². The SMILES string of the molecule is CC1C=CC2CCCCC2C1C(=O)C1(O)C(=O)N2CCC3C(=O)OC1C32O. The highest BCUT2D eigenvalue weighted by molar-refractivity contribution is 6.14. The van der Waals surface area contributed by atoms with E-state index >= 15 is 0 Å². The number of hydrogen-bond donors (Lipinski definition) is 2. The molecule has 2 aliphatic carbocycles. The van der Waals surface area contributed by atoms with Crippen LogP contribution in [-0.2, 0) is 19.1 Å². The monoisotopic (exact) mass is 375 g/mol. The van der Waals surface area contributed by atoms with Crippen LogP contribution in [-0.4, -0.2) is 56.7 Å². The molecule has 5 rings (SSSR count). The first-order chi connectivity index (χ1) is 12.8. The number of allylic oxidation sites excluding steroid dienone is 2. The van der Waals surface area contributed by atoms with Gasteiger partial charge in [0.25, 0.3) is 5.91 Å². The number of fused-ring (bicyclic) bond motifs is 1. The zero-order valence-corrected chi connectivity index (χ0v) is 15.3. The van der Waals surface area contributed by atoms with Crippen LogP contribution in [0.5, 0.6) is 0 Å². The van der Waals surface area contributed by atoms with E-state index in [1.54, 1.807) is 0 Å². The Morgan fingerprint density at radius 3 is 2.70 bits per heavy atom. The maximum atomic E-state index is 13.6. The molecule has 3 saturated heterocycles. The number of ether oxygens (including phenoxy) is 1. The fourth-order valence-electron chi connectivity index (χ4n) is 6.34. The van der Waals surface area contributed by atoms with Crippen molar-refractivity contribution in [1.82, 2.24) is 4.90 Å². The highest BCUT2D eigenvalue weighted by atomic mass is 16.6. The van der Waals surface area contributed by atoms with Crippen molar-refractivity contribution in [1.29, 1.82) is 0 Å². The third-order valence-corrected chi connectivity index (χ3v) is 7.68. The molecule has 8 atom stereocenters. The van der Waals surface area contributed by atoms with E-state index in [0.717, 1.165) is 30.6 Å². The Hall–Kier alpha value is -1.73. The number of Topliss-reactive ketones (excluding diaryl/α,β-unsaturated/α-hetero) is 1. The number of amides is 1. The number of aliphatic hydroxyl groups is 2. The van der Waals surface area contributed by atoms with E-state index in [2.05, 4.69) is 6.08 Å². The van der Waals surface area contributed by atoms with Gasteiger partial charge in [-0.3, -0.25) is 14.4 Å². The average molecular weight is 375 g/mol. The second kappa shape index (κ2) is 5.41. The van der Waals surface area contributed by atoms with Gasteiger partial charge in [-0.15, -0.1) is 0 Å². The molecular formula is C20H25NO6. The second-order valence-corrected chi connectivity index (χ2v) is 8.91. The van der Waals surface area contributed by atoms with Crippen LogP contribution in [0.3, 0.4) is 0 Å². The lowest BCUT2D eigenvalue weighted by Gasteiger charge is -2.42. The van der Waals surface area contributed by atoms with Gasteiger partial charge in [0.1, 0.15) is 5.92 Å². The molecule has 3 heterocycles. The van der Waals surface area contributed by atoms with Crippen LogP contribution < -0.4 is 0 Å². The highest BCUT2D eigenvalue weighted by Gasteiger charge is 2.80. The van der Waals surface area contributed by atoms with Gasteiger partial charge in [0.2, 0.25) is 5.60 Å². The summed E-state index contributed by atoms with van der Waals surface area (Å²) >= 11 is 0. The van der Waals surface area contributed by atoms with Crippen LogP contribution in [0.4, 0.5) is 0 Å².